The first-order valence-electron chi connectivity index (χ1n) is 10.9. The Morgan fingerprint density at radius 1 is 1.21 bits per heavy atom. The van der Waals surface area contributed by atoms with Crippen LogP contribution in [-0.4, -0.2) is 96.3 Å². The number of carbonyl (C=O) groups is 3. The summed E-state index contributed by atoms with van der Waals surface area (Å²) in [6, 6.07) is 3.52. The van der Waals surface area contributed by atoms with Gasteiger partial charge in [-0.1, -0.05) is 12.1 Å². The van der Waals surface area contributed by atoms with Gasteiger partial charge in [-0.15, -0.1) is 6.58 Å². The minimum Gasteiger partial charge on any atom is -0.504 e. The third-order valence-electron chi connectivity index (χ3n) is 7.54. The van der Waals surface area contributed by atoms with E-state index in [0.29, 0.717) is 31.4 Å². The molecule has 1 spiro atoms. The second kappa shape index (κ2) is 8.35. The highest BCUT2D eigenvalue weighted by Crippen LogP contribution is 2.64. The Bertz CT molecular complexity index is 1040. The van der Waals surface area contributed by atoms with E-state index in [1.54, 1.807) is 6.07 Å². The van der Waals surface area contributed by atoms with Gasteiger partial charge in [-0.2, -0.15) is 0 Å². The van der Waals surface area contributed by atoms with Crippen molar-refractivity contribution in [2.75, 3.05) is 13.1 Å². The molecule has 6 N–H and O–H groups in total. The maximum atomic E-state index is 12.6. The summed E-state index contributed by atoms with van der Waals surface area (Å²) in [4.78, 5) is 34.5. The van der Waals surface area contributed by atoms with Crippen molar-refractivity contribution in [1.82, 2.24) is 4.90 Å². The molecule has 0 radical (unpaired) electrons. The van der Waals surface area contributed by atoms with Crippen molar-refractivity contribution in [3.05, 3.63) is 35.9 Å². The number of ether oxygens (including phenoxy) is 1. The fourth-order valence-electron chi connectivity index (χ4n) is 6.07. The normalized spacial score (nSPS) is 32.4. The summed E-state index contributed by atoms with van der Waals surface area (Å²) in [7, 11) is 0. The lowest BCUT2D eigenvalue weighted by molar-refractivity contribution is -0.187. The van der Waals surface area contributed by atoms with Crippen LogP contribution in [0.25, 0.3) is 0 Å². The molecule has 2 bridgehead atoms. The summed E-state index contributed by atoms with van der Waals surface area (Å²) in [5.74, 6) is -3.01. The van der Waals surface area contributed by atoms with Crippen LogP contribution in [-0.2, 0) is 26.2 Å². The largest absolute Gasteiger partial charge is 0.504 e. The Balaban J connectivity index is 0.000000235. The van der Waals surface area contributed by atoms with Gasteiger partial charge >= 0.3 is 11.9 Å². The number of carboxylic acids is 2. The van der Waals surface area contributed by atoms with E-state index < -0.39 is 41.3 Å². The third-order valence-corrected chi connectivity index (χ3v) is 7.54. The van der Waals surface area contributed by atoms with Gasteiger partial charge < -0.3 is 35.4 Å². The average Bonchev–Trinajstić information content (AvgIpc) is 3.15. The Morgan fingerprint density at radius 3 is 2.44 bits per heavy atom. The topological polar surface area (TPSA) is 185 Å². The number of aliphatic hydroxyl groups is 3. The van der Waals surface area contributed by atoms with Crippen molar-refractivity contribution in [2.24, 2.45) is 0 Å². The number of piperidine rings is 1. The number of hydrogen-bond donors (Lipinski definition) is 6. The van der Waals surface area contributed by atoms with E-state index in [1.165, 1.54) is 0 Å². The van der Waals surface area contributed by atoms with Crippen LogP contribution in [0.5, 0.6) is 11.5 Å². The fraction of sp³-hybridized carbons (Fsp3) is 0.522. The van der Waals surface area contributed by atoms with Crippen LogP contribution in [0.1, 0.15) is 30.4 Å². The van der Waals surface area contributed by atoms with Gasteiger partial charge in [-0.3, -0.25) is 9.69 Å². The van der Waals surface area contributed by atoms with E-state index in [2.05, 4.69) is 11.5 Å². The molecule has 6 atom stereocenters. The lowest BCUT2D eigenvalue weighted by atomic mass is 9.49. The second-order valence-electron chi connectivity index (χ2n) is 9.13. The molecule has 184 valence electrons. The summed E-state index contributed by atoms with van der Waals surface area (Å²) in [5.41, 5.74) is 0.256. The van der Waals surface area contributed by atoms with Crippen LogP contribution in [0.15, 0.2) is 24.8 Å². The zero-order chi connectivity index (χ0) is 25.0. The molecule has 11 nitrogen and oxygen atoms in total. The molecule has 34 heavy (non-hydrogen) atoms. The summed E-state index contributed by atoms with van der Waals surface area (Å²) < 4.78 is 5.98. The van der Waals surface area contributed by atoms with Gasteiger partial charge in [-0.05, 0) is 30.9 Å². The number of nitrogens with zero attached hydrogens (tertiary/aromatic N) is 1. The molecule has 1 aromatic carbocycles. The van der Waals surface area contributed by atoms with E-state index in [-0.39, 0.29) is 17.6 Å². The van der Waals surface area contributed by atoms with Crippen LogP contribution in [0.2, 0.25) is 0 Å². The van der Waals surface area contributed by atoms with Gasteiger partial charge in [0, 0.05) is 31.1 Å². The monoisotopic (exact) mass is 477 g/mol. The molecule has 4 aliphatic rings. The van der Waals surface area contributed by atoms with Crippen LogP contribution in [0, 0.1) is 0 Å². The summed E-state index contributed by atoms with van der Waals surface area (Å²) in [6.07, 6.45) is -1.19. The smallest absolute Gasteiger partial charge is 0.335 e. The Hall–Kier alpha value is -2.99. The van der Waals surface area contributed by atoms with Crippen molar-refractivity contribution in [3.8, 4) is 11.5 Å². The molecular formula is C23H27NO10. The predicted molar refractivity (Wildman–Crippen MR) is 115 cm³/mol. The maximum absolute atomic E-state index is 12.6. The number of phenolic OH excluding ortho intramolecular Hbond substituents is 1. The molecular weight excluding hydrogens is 450 g/mol. The Morgan fingerprint density at radius 2 is 1.85 bits per heavy atom. The van der Waals surface area contributed by atoms with Crippen LogP contribution >= 0.6 is 0 Å². The highest BCUT2D eigenvalue weighted by molar-refractivity contribution is 5.90. The van der Waals surface area contributed by atoms with Gasteiger partial charge in [0.2, 0.25) is 0 Å². The fourth-order valence-corrected chi connectivity index (χ4v) is 6.07. The number of likely N-dealkylation sites (tertiary alicyclic amines) is 1. The Labute approximate surface area is 194 Å². The number of aliphatic hydroxyl groups excluding tert-OH is 2. The second-order valence-corrected chi connectivity index (χ2v) is 9.13. The van der Waals surface area contributed by atoms with Crippen molar-refractivity contribution < 1.29 is 49.8 Å². The first-order valence-corrected chi connectivity index (χ1v) is 10.9. The molecule has 1 saturated heterocycles. The number of aliphatic carboxylic acids is 2. The quantitative estimate of drug-likeness (QED) is 0.291. The van der Waals surface area contributed by atoms with E-state index >= 15 is 0 Å². The highest BCUT2D eigenvalue weighted by atomic mass is 16.5. The number of carbonyl (C=O) groups excluding carboxylic acids is 1. The van der Waals surface area contributed by atoms with E-state index in [1.807, 2.05) is 12.1 Å². The van der Waals surface area contributed by atoms with Crippen molar-refractivity contribution in [2.45, 2.75) is 61.1 Å². The minimum absolute atomic E-state index is 0.0408. The van der Waals surface area contributed by atoms with Crippen LogP contribution in [0.3, 0.4) is 0 Å². The van der Waals surface area contributed by atoms with Crippen molar-refractivity contribution in [1.29, 1.82) is 0 Å². The predicted octanol–water partition coefficient (Wildman–Crippen LogP) is -0.821. The van der Waals surface area contributed by atoms with Crippen LogP contribution in [0.4, 0.5) is 0 Å². The number of carboxylic acid groups (broad SMARTS) is 2. The molecule has 0 amide bonds. The number of Topliss-reactive ketones (excluding diaryl/α,β-unsaturated/α-hetero) is 1. The SMILES string of the molecule is C=CCN1CC[C@]23c4c5ccc(O)c4O[C@H]2C(=O)CC[C@@]3(O)[C@H]1C5.O=C(O)[C@@H](O)[C@H](O)C(=O)O. The van der Waals surface area contributed by atoms with E-state index in [4.69, 9.17) is 25.2 Å². The molecule has 1 aromatic rings. The number of hydrogen-bond acceptors (Lipinski definition) is 9. The zero-order valence-corrected chi connectivity index (χ0v) is 18.3. The summed E-state index contributed by atoms with van der Waals surface area (Å²) >= 11 is 0. The standard InChI is InChI=1S/C19H21NO4.C4H6O6/c1-2-8-20-9-7-18-15-11-3-4-12(21)16(15)24-17(18)13(22)5-6-19(18,23)14(20)10-11;5-1(3(7)8)2(6)4(9)10/h2-4,14,17,21,23H,1,5-10H2;1-2,5-6H,(H,7,8)(H,9,10)/t14-,17+,18+,19-;1-,2-/m10/s1. The van der Waals surface area contributed by atoms with E-state index in [0.717, 1.165) is 24.2 Å². The maximum Gasteiger partial charge on any atom is 0.335 e. The molecule has 5 rings (SSSR count). The molecule has 0 aromatic heterocycles. The molecule has 1 saturated carbocycles. The summed E-state index contributed by atoms with van der Waals surface area (Å²) in [5, 5.41) is 54.6. The molecule has 2 heterocycles. The van der Waals surface area contributed by atoms with Gasteiger partial charge in [0.15, 0.2) is 35.6 Å². The van der Waals surface area contributed by atoms with Crippen molar-refractivity contribution in [3.63, 3.8) is 0 Å². The molecule has 11 heteroatoms. The molecule has 2 fully saturated rings. The average molecular weight is 477 g/mol. The number of ketones is 1. The minimum atomic E-state index is -2.27. The number of rotatable bonds is 5. The highest BCUT2D eigenvalue weighted by Gasteiger charge is 2.73. The van der Waals surface area contributed by atoms with Crippen LogP contribution < -0.4 is 4.74 Å². The number of aromatic hydroxyl groups is 1. The molecule has 2 aliphatic heterocycles. The number of benzene rings is 1. The molecule has 0 unspecified atom stereocenters. The summed E-state index contributed by atoms with van der Waals surface area (Å²) in [6.45, 7) is 5.36. The zero-order valence-electron chi connectivity index (χ0n) is 18.3. The first kappa shape index (κ1) is 24.1. The Kier molecular flexibility index (Phi) is 5.93. The van der Waals surface area contributed by atoms with Crippen molar-refractivity contribution >= 4 is 17.7 Å². The first-order chi connectivity index (χ1) is 16.0. The van der Waals surface area contributed by atoms with E-state index in [9.17, 15) is 24.6 Å². The van der Waals surface area contributed by atoms with Gasteiger partial charge in [-0.25, -0.2) is 9.59 Å². The lowest BCUT2D eigenvalue weighted by Gasteiger charge is -2.62. The third kappa shape index (κ3) is 3.22. The lowest BCUT2D eigenvalue weighted by Crippen LogP contribution is -2.76. The van der Waals surface area contributed by atoms with Gasteiger partial charge in [0.1, 0.15) is 0 Å². The van der Waals surface area contributed by atoms with Gasteiger partial charge in [0.05, 0.1) is 11.0 Å². The van der Waals surface area contributed by atoms with Gasteiger partial charge in [0.25, 0.3) is 0 Å². The molecule has 2 aliphatic carbocycles. The number of phenols is 1.